The number of likely N-dealkylation sites (N-methyl/N-ethyl adjacent to an activating group) is 1. The molecule has 1 saturated carbocycles. The maximum Gasteiger partial charge on any atom is 0.188 e. The molecule has 168 valence electrons. The summed E-state index contributed by atoms with van der Waals surface area (Å²) in [4.78, 5) is 12.2. The lowest BCUT2D eigenvalue weighted by Gasteiger charge is -2.36. The third-order valence-electron chi connectivity index (χ3n) is 6.74. The highest BCUT2D eigenvalue weighted by Crippen LogP contribution is 2.30. The Hall–Kier alpha value is -1.06. The molecular formula is C23H39IN6. The summed E-state index contributed by atoms with van der Waals surface area (Å²) in [5, 5.41) is 3.32. The fourth-order valence-corrected chi connectivity index (χ4v) is 4.66. The van der Waals surface area contributed by atoms with Gasteiger partial charge in [0.1, 0.15) is 0 Å². The first-order valence-corrected chi connectivity index (χ1v) is 11.6. The summed E-state index contributed by atoms with van der Waals surface area (Å²) in [6.07, 6.45) is 5.44. The van der Waals surface area contributed by atoms with Gasteiger partial charge in [0.15, 0.2) is 5.96 Å². The highest BCUT2D eigenvalue weighted by Gasteiger charge is 2.26. The van der Waals surface area contributed by atoms with Crippen LogP contribution in [-0.4, -0.2) is 74.2 Å². The maximum absolute atomic E-state index is 6.09. The molecule has 0 bridgehead atoms. The van der Waals surface area contributed by atoms with Gasteiger partial charge in [-0.25, -0.2) is 4.99 Å². The van der Waals surface area contributed by atoms with Crippen LogP contribution in [0.15, 0.2) is 29.3 Å². The van der Waals surface area contributed by atoms with Crippen molar-refractivity contribution in [3.63, 3.8) is 0 Å². The average Bonchev–Trinajstić information content (AvgIpc) is 3.45. The minimum atomic E-state index is 0. The minimum Gasteiger partial charge on any atom is -0.370 e. The van der Waals surface area contributed by atoms with E-state index in [1.54, 1.807) is 0 Å². The van der Waals surface area contributed by atoms with Gasteiger partial charge in [-0.2, -0.15) is 0 Å². The topological polar surface area (TPSA) is 60.1 Å². The number of nitrogens with one attached hydrogen (secondary N) is 1. The Bertz CT molecular complexity index is 667. The molecule has 7 heteroatoms. The Balaban J connectivity index is 0.00000256. The summed E-state index contributed by atoms with van der Waals surface area (Å²) in [5.41, 5.74) is 8.63. The van der Waals surface area contributed by atoms with E-state index in [9.17, 15) is 0 Å². The van der Waals surface area contributed by atoms with Crippen LogP contribution in [0.1, 0.15) is 38.2 Å². The van der Waals surface area contributed by atoms with E-state index in [0.717, 1.165) is 32.1 Å². The molecule has 3 fully saturated rings. The van der Waals surface area contributed by atoms with Gasteiger partial charge in [0.05, 0.1) is 6.54 Å². The fourth-order valence-electron chi connectivity index (χ4n) is 4.66. The number of hydrogen-bond acceptors (Lipinski definition) is 4. The molecule has 1 aromatic carbocycles. The fraction of sp³-hybridized carbons (Fsp3) is 0.696. The van der Waals surface area contributed by atoms with Crippen LogP contribution < -0.4 is 16.0 Å². The molecule has 2 heterocycles. The number of aliphatic imine (C=N–C) groups is 1. The second kappa shape index (κ2) is 11.5. The van der Waals surface area contributed by atoms with E-state index in [2.05, 4.69) is 56.2 Å². The maximum atomic E-state index is 6.09. The second-order valence-corrected chi connectivity index (χ2v) is 8.90. The van der Waals surface area contributed by atoms with E-state index in [1.165, 1.54) is 63.1 Å². The van der Waals surface area contributed by atoms with E-state index in [-0.39, 0.29) is 24.0 Å². The van der Waals surface area contributed by atoms with Crippen LogP contribution in [0.25, 0.3) is 0 Å². The van der Waals surface area contributed by atoms with Gasteiger partial charge in [0, 0.05) is 51.0 Å². The Morgan fingerprint density at radius 2 is 1.80 bits per heavy atom. The number of hydrogen-bond donors (Lipinski definition) is 2. The number of guanidine groups is 1. The summed E-state index contributed by atoms with van der Waals surface area (Å²) in [6, 6.07) is 9.46. The first-order valence-electron chi connectivity index (χ1n) is 11.6. The van der Waals surface area contributed by atoms with E-state index < -0.39 is 0 Å². The number of anilines is 1. The molecular weight excluding hydrogens is 487 g/mol. The average molecular weight is 527 g/mol. The van der Waals surface area contributed by atoms with Crippen molar-refractivity contribution < 1.29 is 0 Å². The second-order valence-electron chi connectivity index (χ2n) is 8.90. The predicted octanol–water partition coefficient (Wildman–Crippen LogP) is 2.73. The summed E-state index contributed by atoms with van der Waals surface area (Å²) >= 11 is 0. The SMILES string of the molecule is CCN1CCCC1CNC(N)=NCc1ccc(N2CCN(CC3CC3)CC2)cc1.I. The van der Waals surface area contributed by atoms with E-state index in [4.69, 9.17) is 5.73 Å². The molecule has 1 aromatic rings. The predicted molar refractivity (Wildman–Crippen MR) is 137 cm³/mol. The van der Waals surface area contributed by atoms with Crippen molar-refractivity contribution in [1.82, 2.24) is 15.1 Å². The number of likely N-dealkylation sites (tertiary alicyclic amines) is 1. The largest absolute Gasteiger partial charge is 0.370 e. The zero-order chi connectivity index (χ0) is 20.1. The molecule has 1 unspecified atom stereocenters. The van der Waals surface area contributed by atoms with Gasteiger partial charge in [-0.3, -0.25) is 9.80 Å². The van der Waals surface area contributed by atoms with Gasteiger partial charge >= 0.3 is 0 Å². The van der Waals surface area contributed by atoms with Gasteiger partial charge in [0.2, 0.25) is 0 Å². The first-order chi connectivity index (χ1) is 14.2. The van der Waals surface area contributed by atoms with Gasteiger partial charge in [-0.1, -0.05) is 19.1 Å². The van der Waals surface area contributed by atoms with E-state index in [1.807, 2.05) is 0 Å². The van der Waals surface area contributed by atoms with Gasteiger partial charge in [-0.15, -0.1) is 24.0 Å². The van der Waals surface area contributed by atoms with Crippen LogP contribution in [0.5, 0.6) is 0 Å². The minimum absolute atomic E-state index is 0. The molecule has 0 spiro atoms. The van der Waals surface area contributed by atoms with E-state index in [0.29, 0.717) is 18.5 Å². The van der Waals surface area contributed by atoms with Crippen LogP contribution in [0, 0.1) is 5.92 Å². The smallest absolute Gasteiger partial charge is 0.188 e. The zero-order valence-electron chi connectivity index (χ0n) is 18.4. The van der Waals surface area contributed by atoms with Crippen LogP contribution in [0.2, 0.25) is 0 Å². The Labute approximate surface area is 199 Å². The van der Waals surface area contributed by atoms with Gasteiger partial charge in [0.25, 0.3) is 0 Å². The van der Waals surface area contributed by atoms with Crippen molar-refractivity contribution in [2.45, 2.75) is 45.2 Å². The van der Waals surface area contributed by atoms with Crippen LogP contribution in [-0.2, 0) is 6.54 Å². The summed E-state index contributed by atoms with van der Waals surface area (Å²) in [6.45, 7) is 12.1. The summed E-state index contributed by atoms with van der Waals surface area (Å²) in [7, 11) is 0. The number of benzene rings is 1. The van der Waals surface area contributed by atoms with Crippen LogP contribution in [0.3, 0.4) is 0 Å². The van der Waals surface area contributed by atoms with Crippen LogP contribution in [0.4, 0.5) is 5.69 Å². The van der Waals surface area contributed by atoms with Crippen molar-refractivity contribution in [2.24, 2.45) is 16.6 Å². The third kappa shape index (κ3) is 6.72. The van der Waals surface area contributed by atoms with Crippen molar-refractivity contribution >= 4 is 35.6 Å². The number of rotatable bonds is 8. The molecule has 3 N–H and O–H groups in total. The van der Waals surface area contributed by atoms with Crippen molar-refractivity contribution in [2.75, 3.05) is 57.3 Å². The molecule has 2 aliphatic heterocycles. The molecule has 1 aliphatic carbocycles. The lowest BCUT2D eigenvalue weighted by Crippen LogP contribution is -2.47. The Morgan fingerprint density at radius 3 is 2.47 bits per heavy atom. The molecule has 0 radical (unpaired) electrons. The normalized spacial score (nSPS) is 23.4. The Morgan fingerprint density at radius 1 is 1.07 bits per heavy atom. The number of piperazine rings is 1. The number of nitrogens with two attached hydrogens (primary N) is 1. The summed E-state index contributed by atoms with van der Waals surface area (Å²) < 4.78 is 0. The molecule has 30 heavy (non-hydrogen) atoms. The third-order valence-corrected chi connectivity index (χ3v) is 6.74. The molecule has 0 aromatic heterocycles. The number of halogens is 1. The highest BCUT2D eigenvalue weighted by molar-refractivity contribution is 14.0. The number of nitrogens with zero attached hydrogens (tertiary/aromatic N) is 4. The van der Waals surface area contributed by atoms with E-state index >= 15 is 0 Å². The molecule has 3 aliphatic rings. The summed E-state index contributed by atoms with van der Waals surface area (Å²) in [5.74, 6) is 1.55. The molecule has 0 amide bonds. The van der Waals surface area contributed by atoms with Crippen molar-refractivity contribution in [3.8, 4) is 0 Å². The molecule has 6 nitrogen and oxygen atoms in total. The van der Waals surface area contributed by atoms with Crippen molar-refractivity contribution in [1.29, 1.82) is 0 Å². The molecule has 2 saturated heterocycles. The Kier molecular flexibility index (Phi) is 9.07. The van der Waals surface area contributed by atoms with Crippen LogP contribution >= 0.6 is 24.0 Å². The highest BCUT2D eigenvalue weighted by atomic mass is 127. The zero-order valence-corrected chi connectivity index (χ0v) is 20.8. The standard InChI is InChI=1S/C23H38N6.HI/c1-2-28-11-3-4-22(28)17-26-23(24)25-16-19-7-9-21(10-8-19)29-14-12-27(13-15-29)18-20-5-6-20;/h7-10,20,22H,2-6,11-18H2,1H3,(H3,24,25,26);1H. The molecule has 4 rings (SSSR count). The lowest BCUT2D eigenvalue weighted by molar-refractivity contribution is 0.248. The quantitative estimate of drug-likeness (QED) is 0.310. The molecule has 1 atom stereocenters. The monoisotopic (exact) mass is 526 g/mol. The van der Waals surface area contributed by atoms with Crippen molar-refractivity contribution in [3.05, 3.63) is 29.8 Å². The lowest BCUT2D eigenvalue weighted by atomic mass is 10.1. The van der Waals surface area contributed by atoms with Gasteiger partial charge < -0.3 is 16.0 Å². The van der Waals surface area contributed by atoms with Gasteiger partial charge in [-0.05, 0) is 62.4 Å². The first kappa shape index (κ1) is 23.6.